The molecule has 0 radical (unpaired) electrons. The summed E-state index contributed by atoms with van der Waals surface area (Å²) in [6.45, 7) is 4.89. The third kappa shape index (κ3) is 4.35. The summed E-state index contributed by atoms with van der Waals surface area (Å²) < 4.78 is 5.27. The van der Waals surface area contributed by atoms with Gasteiger partial charge in [0.1, 0.15) is 5.76 Å². The van der Waals surface area contributed by atoms with Gasteiger partial charge in [0.25, 0.3) is 0 Å². The van der Waals surface area contributed by atoms with Crippen molar-refractivity contribution < 1.29 is 4.42 Å². The molecule has 0 aliphatic heterocycles. The zero-order valence-electron chi connectivity index (χ0n) is 9.86. The van der Waals surface area contributed by atoms with Gasteiger partial charge in [0.15, 0.2) is 0 Å². The number of nitrogens with one attached hydrogen (secondary N) is 2. The van der Waals surface area contributed by atoms with Crippen molar-refractivity contribution in [3.8, 4) is 0 Å². The van der Waals surface area contributed by atoms with Gasteiger partial charge in [0.2, 0.25) is 5.96 Å². The van der Waals surface area contributed by atoms with Gasteiger partial charge in [-0.3, -0.25) is 10.4 Å². The third-order valence-electron chi connectivity index (χ3n) is 2.10. The average molecular weight is 224 g/mol. The van der Waals surface area contributed by atoms with Crippen LogP contribution in [0.4, 0.5) is 0 Å². The Kier molecular flexibility index (Phi) is 5.42. The molecule has 1 aromatic heterocycles. The van der Waals surface area contributed by atoms with Gasteiger partial charge in [-0.15, -0.1) is 0 Å². The fourth-order valence-electron chi connectivity index (χ4n) is 1.37. The molecule has 0 bridgehead atoms. The lowest BCUT2D eigenvalue weighted by molar-refractivity contribution is 0.480. The molecular formula is C11H20N4O. The number of rotatable bonds is 5. The lowest BCUT2D eigenvalue weighted by atomic mass is 10.2. The van der Waals surface area contributed by atoms with Gasteiger partial charge in [-0.05, 0) is 25.5 Å². The molecular weight excluding hydrogens is 204 g/mol. The second kappa shape index (κ2) is 6.90. The molecule has 0 aliphatic rings. The molecule has 0 fully saturated rings. The minimum atomic E-state index is 0.220. The van der Waals surface area contributed by atoms with E-state index in [1.165, 1.54) is 0 Å². The molecule has 1 aromatic rings. The van der Waals surface area contributed by atoms with Crippen molar-refractivity contribution in [2.75, 3.05) is 6.54 Å². The van der Waals surface area contributed by atoms with E-state index in [-0.39, 0.29) is 6.04 Å². The summed E-state index contributed by atoms with van der Waals surface area (Å²) in [6, 6.07) is 4.06. The van der Waals surface area contributed by atoms with Crippen molar-refractivity contribution in [2.45, 2.75) is 32.7 Å². The van der Waals surface area contributed by atoms with E-state index in [9.17, 15) is 0 Å². The fraction of sp³-hybridized carbons (Fsp3) is 0.545. The molecule has 1 heterocycles. The maximum absolute atomic E-state index is 5.37. The van der Waals surface area contributed by atoms with Crippen LogP contribution in [0, 0.1) is 0 Å². The lowest BCUT2D eigenvalue weighted by Gasteiger charge is -2.15. The van der Waals surface area contributed by atoms with E-state index in [1.54, 1.807) is 6.26 Å². The van der Waals surface area contributed by atoms with Crippen LogP contribution in [0.3, 0.4) is 0 Å². The SMILES string of the molecule is CCCN=C(NN)NC(C)Cc1ccco1. The summed E-state index contributed by atoms with van der Waals surface area (Å²) in [7, 11) is 0. The summed E-state index contributed by atoms with van der Waals surface area (Å²) in [5.74, 6) is 6.95. The smallest absolute Gasteiger partial charge is 0.205 e. The molecule has 0 aromatic carbocycles. The maximum Gasteiger partial charge on any atom is 0.205 e. The number of hydrogen-bond donors (Lipinski definition) is 3. The number of guanidine groups is 1. The van der Waals surface area contributed by atoms with E-state index in [0.29, 0.717) is 5.96 Å². The van der Waals surface area contributed by atoms with Gasteiger partial charge in [-0.2, -0.15) is 0 Å². The lowest BCUT2D eigenvalue weighted by Crippen LogP contribution is -2.46. The Morgan fingerprint density at radius 3 is 3.00 bits per heavy atom. The van der Waals surface area contributed by atoms with Gasteiger partial charge in [0.05, 0.1) is 6.26 Å². The van der Waals surface area contributed by atoms with Crippen LogP contribution in [-0.2, 0) is 6.42 Å². The number of furan rings is 1. The van der Waals surface area contributed by atoms with Crippen molar-refractivity contribution in [3.05, 3.63) is 24.2 Å². The highest BCUT2D eigenvalue weighted by atomic mass is 16.3. The third-order valence-corrected chi connectivity index (χ3v) is 2.10. The summed E-state index contributed by atoms with van der Waals surface area (Å²) in [6.07, 6.45) is 3.48. The first-order valence-electron chi connectivity index (χ1n) is 5.56. The molecule has 1 atom stereocenters. The fourth-order valence-corrected chi connectivity index (χ4v) is 1.37. The normalized spacial score (nSPS) is 13.6. The number of nitrogens with zero attached hydrogens (tertiary/aromatic N) is 1. The minimum Gasteiger partial charge on any atom is -0.469 e. The number of nitrogens with two attached hydrogens (primary N) is 1. The predicted molar refractivity (Wildman–Crippen MR) is 64.9 cm³/mol. The highest BCUT2D eigenvalue weighted by molar-refractivity contribution is 5.79. The molecule has 5 heteroatoms. The summed E-state index contributed by atoms with van der Waals surface area (Å²) in [5, 5.41) is 3.19. The Morgan fingerprint density at radius 1 is 1.62 bits per heavy atom. The van der Waals surface area contributed by atoms with Crippen molar-refractivity contribution in [1.29, 1.82) is 0 Å². The van der Waals surface area contributed by atoms with Crippen LogP contribution < -0.4 is 16.6 Å². The van der Waals surface area contributed by atoms with E-state index in [2.05, 4.69) is 29.6 Å². The zero-order chi connectivity index (χ0) is 11.8. The van der Waals surface area contributed by atoms with E-state index in [0.717, 1.165) is 25.1 Å². The largest absolute Gasteiger partial charge is 0.469 e. The van der Waals surface area contributed by atoms with Gasteiger partial charge < -0.3 is 9.73 Å². The van der Waals surface area contributed by atoms with Crippen LogP contribution in [0.5, 0.6) is 0 Å². The van der Waals surface area contributed by atoms with Crippen LogP contribution in [0.2, 0.25) is 0 Å². The van der Waals surface area contributed by atoms with Crippen LogP contribution in [0.25, 0.3) is 0 Å². The standard InChI is InChI=1S/C11H20N4O/c1-3-6-13-11(15-12)14-9(2)8-10-5-4-7-16-10/h4-5,7,9H,3,6,8,12H2,1-2H3,(H2,13,14,15). The number of hydrazine groups is 1. The number of hydrogen-bond acceptors (Lipinski definition) is 3. The molecule has 0 saturated carbocycles. The second-order valence-electron chi connectivity index (χ2n) is 3.70. The molecule has 0 amide bonds. The predicted octanol–water partition coefficient (Wildman–Crippen LogP) is 1.03. The second-order valence-corrected chi connectivity index (χ2v) is 3.70. The van der Waals surface area contributed by atoms with Crippen molar-refractivity contribution in [2.24, 2.45) is 10.8 Å². The van der Waals surface area contributed by atoms with Crippen LogP contribution in [0.15, 0.2) is 27.8 Å². The first-order valence-corrected chi connectivity index (χ1v) is 5.56. The molecule has 0 saturated heterocycles. The molecule has 0 aliphatic carbocycles. The first kappa shape index (κ1) is 12.6. The first-order chi connectivity index (χ1) is 7.76. The van der Waals surface area contributed by atoms with Gasteiger partial charge in [-0.1, -0.05) is 6.92 Å². The molecule has 90 valence electrons. The van der Waals surface area contributed by atoms with Crippen LogP contribution in [-0.4, -0.2) is 18.5 Å². The van der Waals surface area contributed by atoms with Crippen LogP contribution in [0.1, 0.15) is 26.0 Å². The zero-order valence-corrected chi connectivity index (χ0v) is 9.86. The highest BCUT2D eigenvalue weighted by Crippen LogP contribution is 2.03. The highest BCUT2D eigenvalue weighted by Gasteiger charge is 2.06. The Morgan fingerprint density at radius 2 is 2.44 bits per heavy atom. The Hall–Kier alpha value is -1.49. The Balaban J connectivity index is 2.39. The molecule has 0 spiro atoms. The monoisotopic (exact) mass is 224 g/mol. The molecule has 1 rings (SSSR count). The van der Waals surface area contributed by atoms with Gasteiger partial charge in [-0.25, -0.2) is 5.84 Å². The minimum absolute atomic E-state index is 0.220. The van der Waals surface area contributed by atoms with E-state index in [1.807, 2.05) is 12.1 Å². The van der Waals surface area contributed by atoms with Crippen molar-refractivity contribution in [1.82, 2.24) is 10.7 Å². The van der Waals surface area contributed by atoms with E-state index in [4.69, 9.17) is 10.3 Å². The molecule has 16 heavy (non-hydrogen) atoms. The molecule has 1 unspecified atom stereocenters. The summed E-state index contributed by atoms with van der Waals surface area (Å²) in [4.78, 5) is 4.27. The van der Waals surface area contributed by atoms with Gasteiger partial charge in [0, 0.05) is 19.0 Å². The Labute approximate surface area is 96.1 Å². The topological polar surface area (TPSA) is 75.6 Å². The van der Waals surface area contributed by atoms with Crippen molar-refractivity contribution in [3.63, 3.8) is 0 Å². The van der Waals surface area contributed by atoms with E-state index < -0.39 is 0 Å². The Bertz CT molecular complexity index is 308. The maximum atomic E-state index is 5.37. The van der Waals surface area contributed by atoms with Crippen LogP contribution >= 0.6 is 0 Å². The summed E-state index contributed by atoms with van der Waals surface area (Å²) >= 11 is 0. The molecule has 5 nitrogen and oxygen atoms in total. The average Bonchev–Trinajstić information content (AvgIpc) is 2.76. The number of aliphatic imine (C=N–C) groups is 1. The molecule has 4 N–H and O–H groups in total. The quantitative estimate of drug-likeness (QED) is 0.302. The van der Waals surface area contributed by atoms with Crippen molar-refractivity contribution >= 4 is 5.96 Å². The summed E-state index contributed by atoms with van der Waals surface area (Å²) in [5.41, 5.74) is 2.56. The van der Waals surface area contributed by atoms with E-state index >= 15 is 0 Å². The van der Waals surface area contributed by atoms with Gasteiger partial charge >= 0.3 is 0 Å².